The molecule has 1 amide bonds. The van der Waals surface area contributed by atoms with Gasteiger partial charge in [0.2, 0.25) is 5.91 Å². The molecule has 0 aliphatic carbocycles. The molecule has 6 nitrogen and oxygen atoms in total. The van der Waals surface area contributed by atoms with Crippen molar-refractivity contribution < 1.29 is 14.3 Å². The molecule has 1 aromatic heterocycles. The van der Waals surface area contributed by atoms with Gasteiger partial charge < -0.3 is 19.9 Å². The molecule has 0 spiro atoms. The number of H-pyrrole nitrogens is 1. The van der Waals surface area contributed by atoms with E-state index in [1.54, 1.807) is 0 Å². The van der Waals surface area contributed by atoms with Gasteiger partial charge in [-0.05, 0) is 30.3 Å². The van der Waals surface area contributed by atoms with Crippen LogP contribution < -0.4 is 10.2 Å². The highest BCUT2D eigenvalue weighted by molar-refractivity contribution is 6.10. The van der Waals surface area contributed by atoms with Gasteiger partial charge >= 0.3 is 5.97 Å². The Labute approximate surface area is 145 Å². The van der Waals surface area contributed by atoms with Crippen LogP contribution in [-0.2, 0) is 9.53 Å². The Hall–Kier alpha value is -3.28. The summed E-state index contributed by atoms with van der Waals surface area (Å²) >= 11 is 0. The maximum Gasteiger partial charge on any atom is 0.342 e. The molecule has 25 heavy (non-hydrogen) atoms. The molecule has 3 rings (SSSR count). The van der Waals surface area contributed by atoms with Crippen LogP contribution in [0.2, 0.25) is 0 Å². The van der Waals surface area contributed by atoms with E-state index in [1.165, 1.54) is 14.0 Å². The first-order valence-corrected chi connectivity index (χ1v) is 7.81. The predicted molar refractivity (Wildman–Crippen MR) is 98.4 cm³/mol. The second kappa shape index (κ2) is 6.68. The number of carbonyl (C=O) groups is 2. The Morgan fingerprint density at radius 3 is 2.40 bits per heavy atom. The van der Waals surface area contributed by atoms with Crippen LogP contribution in [-0.4, -0.2) is 31.0 Å². The topological polar surface area (TPSA) is 74.4 Å². The fraction of sp³-hybridized carbons (Fsp3) is 0.158. The zero-order valence-electron chi connectivity index (χ0n) is 14.3. The number of rotatable bonds is 4. The molecule has 6 heteroatoms. The number of aromatic nitrogens is 1. The van der Waals surface area contributed by atoms with E-state index >= 15 is 0 Å². The van der Waals surface area contributed by atoms with E-state index in [4.69, 9.17) is 4.74 Å². The minimum atomic E-state index is -0.394. The van der Waals surface area contributed by atoms with Crippen molar-refractivity contribution in [1.82, 2.24) is 4.98 Å². The van der Waals surface area contributed by atoms with Crippen molar-refractivity contribution >= 4 is 40.0 Å². The second-order valence-electron chi connectivity index (χ2n) is 5.67. The van der Waals surface area contributed by atoms with Crippen LogP contribution in [0.15, 0.2) is 48.5 Å². The molecular formula is C19H19N3O3. The first-order valence-electron chi connectivity index (χ1n) is 7.81. The number of fused-ring (bicyclic) bond motifs is 1. The monoisotopic (exact) mass is 337 g/mol. The molecule has 128 valence electrons. The Kier molecular flexibility index (Phi) is 4.43. The number of methoxy groups -OCH3 is 1. The molecule has 2 N–H and O–H groups in total. The summed E-state index contributed by atoms with van der Waals surface area (Å²) < 4.78 is 4.96. The molecule has 0 saturated carbocycles. The Bertz CT molecular complexity index is 929. The molecular weight excluding hydrogens is 318 g/mol. The van der Waals surface area contributed by atoms with Gasteiger partial charge in [-0.2, -0.15) is 0 Å². The number of aromatic amines is 1. The molecule has 2 aromatic carbocycles. The smallest absolute Gasteiger partial charge is 0.342 e. The largest absolute Gasteiger partial charge is 0.465 e. The van der Waals surface area contributed by atoms with Gasteiger partial charge in [0, 0.05) is 36.2 Å². The summed E-state index contributed by atoms with van der Waals surface area (Å²) in [4.78, 5) is 28.6. The number of ether oxygens (including phenoxy) is 1. The number of benzene rings is 2. The number of esters is 1. The van der Waals surface area contributed by atoms with Crippen molar-refractivity contribution in [2.24, 2.45) is 0 Å². The fourth-order valence-corrected chi connectivity index (χ4v) is 2.79. The number of para-hydroxylation sites is 1. The van der Waals surface area contributed by atoms with Crippen molar-refractivity contribution in [2.75, 3.05) is 24.4 Å². The average molecular weight is 337 g/mol. The lowest BCUT2D eigenvalue weighted by atomic mass is 10.1. The van der Waals surface area contributed by atoms with Crippen LogP contribution >= 0.6 is 0 Å². The van der Waals surface area contributed by atoms with Gasteiger partial charge in [0.05, 0.1) is 7.11 Å². The van der Waals surface area contributed by atoms with Crippen LogP contribution in [0, 0.1) is 0 Å². The van der Waals surface area contributed by atoms with Crippen LogP contribution in [0.1, 0.15) is 17.3 Å². The molecule has 0 unspecified atom stereocenters. The van der Waals surface area contributed by atoms with Crippen LogP contribution in [0.5, 0.6) is 0 Å². The average Bonchev–Trinajstić information content (AvgIpc) is 3.00. The predicted octanol–water partition coefficient (Wildman–Crippen LogP) is 3.68. The van der Waals surface area contributed by atoms with Crippen molar-refractivity contribution in [3.8, 4) is 0 Å². The molecule has 0 atom stereocenters. The highest BCUT2D eigenvalue weighted by Crippen LogP contribution is 2.33. The quantitative estimate of drug-likeness (QED) is 0.712. The van der Waals surface area contributed by atoms with E-state index in [2.05, 4.69) is 10.3 Å². The van der Waals surface area contributed by atoms with Gasteiger partial charge in [-0.1, -0.05) is 18.2 Å². The lowest BCUT2D eigenvalue weighted by molar-refractivity contribution is -0.114. The molecule has 1 heterocycles. The van der Waals surface area contributed by atoms with Gasteiger partial charge in [-0.15, -0.1) is 0 Å². The lowest BCUT2D eigenvalue weighted by Gasteiger charge is -2.19. The first-order chi connectivity index (χ1) is 12.0. The summed E-state index contributed by atoms with van der Waals surface area (Å²) in [6.07, 6.45) is 0. The zero-order chi connectivity index (χ0) is 18.0. The van der Waals surface area contributed by atoms with Crippen LogP contribution in [0.25, 0.3) is 10.9 Å². The molecule has 0 aliphatic rings. The van der Waals surface area contributed by atoms with Crippen molar-refractivity contribution in [3.63, 3.8) is 0 Å². The van der Waals surface area contributed by atoms with Crippen molar-refractivity contribution in [2.45, 2.75) is 6.92 Å². The van der Waals surface area contributed by atoms with Crippen LogP contribution in [0.3, 0.4) is 0 Å². The van der Waals surface area contributed by atoms with E-state index in [-0.39, 0.29) is 5.91 Å². The number of carbonyl (C=O) groups excluding carboxylic acids is 2. The summed E-state index contributed by atoms with van der Waals surface area (Å²) in [5.41, 5.74) is 2.94. The lowest BCUT2D eigenvalue weighted by Crippen LogP contribution is -2.14. The third-order valence-electron chi connectivity index (χ3n) is 3.99. The summed E-state index contributed by atoms with van der Waals surface area (Å²) in [6.45, 7) is 1.47. The van der Waals surface area contributed by atoms with Crippen molar-refractivity contribution in [1.29, 1.82) is 0 Å². The Morgan fingerprint density at radius 2 is 1.76 bits per heavy atom. The molecule has 0 aliphatic heterocycles. The number of hydrogen-bond acceptors (Lipinski definition) is 4. The van der Waals surface area contributed by atoms with Crippen LogP contribution in [0.4, 0.5) is 17.2 Å². The van der Waals surface area contributed by atoms with Gasteiger partial charge in [0.25, 0.3) is 0 Å². The minimum Gasteiger partial charge on any atom is -0.465 e. The van der Waals surface area contributed by atoms with E-state index in [1.807, 2.05) is 60.5 Å². The number of nitrogens with zero attached hydrogens (tertiary/aromatic N) is 1. The van der Waals surface area contributed by atoms with Gasteiger partial charge in [-0.25, -0.2) is 4.79 Å². The van der Waals surface area contributed by atoms with Gasteiger partial charge in [-0.3, -0.25) is 4.79 Å². The number of amides is 1. The molecule has 0 bridgehead atoms. The number of hydrogen-bond donors (Lipinski definition) is 2. The molecule has 0 saturated heterocycles. The Morgan fingerprint density at radius 1 is 1.08 bits per heavy atom. The van der Waals surface area contributed by atoms with Gasteiger partial charge in [0.15, 0.2) is 0 Å². The first kappa shape index (κ1) is 16.6. The normalized spacial score (nSPS) is 10.5. The molecule has 0 radical (unpaired) electrons. The third-order valence-corrected chi connectivity index (χ3v) is 3.99. The summed E-state index contributed by atoms with van der Waals surface area (Å²) in [5.74, 6) is 0.138. The summed E-state index contributed by atoms with van der Waals surface area (Å²) in [7, 11) is 3.24. The van der Waals surface area contributed by atoms with E-state index in [9.17, 15) is 9.59 Å². The number of nitrogens with one attached hydrogen (secondary N) is 2. The number of anilines is 3. The summed E-state index contributed by atoms with van der Waals surface area (Å²) in [5, 5.41) is 3.54. The Balaban J connectivity index is 2.03. The van der Waals surface area contributed by atoms with Crippen molar-refractivity contribution in [3.05, 3.63) is 54.1 Å². The SMILES string of the molecule is COC(=O)c1c(N(C)c2ccc(NC(C)=O)cc2)[nH]c2ccccc12. The standard InChI is InChI=1S/C19H19N3O3/c1-12(23)20-13-8-10-14(11-9-13)22(2)18-17(19(24)25-3)15-6-4-5-7-16(15)21-18/h4-11,21H,1-3H3,(H,20,23). The summed E-state index contributed by atoms with van der Waals surface area (Å²) in [6, 6.07) is 15.0. The van der Waals surface area contributed by atoms with E-state index < -0.39 is 5.97 Å². The highest BCUT2D eigenvalue weighted by Gasteiger charge is 2.22. The molecule has 0 fully saturated rings. The van der Waals surface area contributed by atoms with E-state index in [0.717, 1.165) is 22.3 Å². The van der Waals surface area contributed by atoms with Gasteiger partial charge in [0.1, 0.15) is 11.4 Å². The highest BCUT2D eigenvalue weighted by atomic mass is 16.5. The fourth-order valence-electron chi connectivity index (χ4n) is 2.79. The zero-order valence-corrected chi connectivity index (χ0v) is 14.3. The second-order valence-corrected chi connectivity index (χ2v) is 5.67. The molecule has 3 aromatic rings. The third kappa shape index (κ3) is 3.19. The van der Waals surface area contributed by atoms with E-state index in [0.29, 0.717) is 11.4 Å². The maximum absolute atomic E-state index is 12.3. The minimum absolute atomic E-state index is 0.121. The maximum atomic E-state index is 12.3.